The Morgan fingerprint density at radius 1 is 1.27 bits per heavy atom. The van der Waals surface area contributed by atoms with E-state index in [2.05, 4.69) is 4.98 Å². The summed E-state index contributed by atoms with van der Waals surface area (Å²) in [6.07, 6.45) is 4.68. The van der Waals surface area contributed by atoms with E-state index >= 15 is 0 Å². The van der Waals surface area contributed by atoms with Gasteiger partial charge in [-0.2, -0.15) is 0 Å². The van der Waals surface area contributed by atoms with Gasteiger partial charge in [0, 0.05) is 45.0 Å². The van der Waals surface area contributed by atoms with Crippen molar-refractivity contribution in [1.82, 2.24) is 14.8 Å². The molecule has 1 aromatic rings. The van der Waals surface area contributed by atoms with E-state index in [-0.39, 0.29) is 23.8 Å². The average molecular weight is 303 g/mol. The van der Waals surface area contributed by atoms with Crippen molar-refractivity contribution in [2.24, 2.45) is 5.92 Å². The molecular formula is C16H21N3O3. The molecule has 0 radical (unpaired) electrons. The maximum Gasteiger partial charge on any atom is 0.227 e. The first-order valence-electron chi connectivity index (χ1n) is 7.77. The van der Waals surface area contributed by atoms with E-state index in [9.17, 15) is 14.7 Å². The van der Waals surface area contributed by atoms with Gasteiger partial charge in [-0.05, 0) is 30.5 Å². The van der Waals surface area contributed by atoms with Crippen LogP contribution in [0.2, 0.25) is 0 Å². The Labute approximate surface area is 129 Å². The molecule has 6 nitrogen and oxygen atoms in total. The summed E-state index contributed by atoms with van der Waals surface area (Å²) in [7, 11) is 0. The molecule has 2 aliphatic heterocycles. The van der Waals surface area contributed by atoms with E-state index in [0.717, 1.165) is 5.56 Å². The Bertz CT molecular complexity index is 541. The number of amides is 2. The molecule has 1 atom stereocenters. The molecular weight excluding hydrogens is 282 g/mol. The predicted octanol–water partition coefficient (Wildman–Crippen LogP) is 0.413. The van der Waals surface area contributed by atoms with Crippen molar-refractivity contribution in [3.8, 4) is 0 Å². The Balaban J connectivity index is 1.58. The summed E-state index contributed by atoms with van der Waals surface area (Å²) < 4.78 is 0. The van der Waals surface area contributed by atoms with Crippen LogP contribution in [0, 0.1) is 5.92 Å². The SMILES string of the molecule is O=C1C[C@@H](C(=O)N2CCC(O)CC2)CN1Cc1ccncc1. The van der Waals surface area contributed by atoms with Gasteiger partial charge in [-0.25, -0.2) is 0 Å². The van der Waals surface area contributed by atoms with Crippen LogP contribution >= 0.6 is 0 Å². The average Bonchev–Trinajstić information content (AvgIpc) is 2.89. The van der Waals surface area contributed by atoms with Gasteiger partial charge in [-0.3, -0.25) is 14.6 Å². The molecule has 3 heterocycles. The molecule has 0 spiro atoms. The third-order valence-corrected chi connectivity index (χ3v) is 4.46. The zero-order valence-electron chi connectivity index (χ0n) is 12.5. The fourth-order valence-electron chi connectivity index (χ4n) is 3.14. The Morgan fingerprint density at radius 3 is 2.64 bits per heavy atom. The van der Waals surface area contributed by atoms with E-state index in [4.69, 9.17) is 0 Å². The summed E-state index contributed by atoms with van der Waals surface area (Å²) in [5.74, 6) is -0.158. The molecule has 6 heteroatoms. The van der Waals surface area contributed by atoms with Gasteiger partial charge in [-0.1, -0.05) is 0 Å². The summed E-state index contributed by atoms with van der Waals surface area (Å²) in [6, 6.07) is 3.77. The second-order valence-electron chi connectivity index (χ2n) is 6.09. The third-order valence-electron chi connectivity index (χ3n) is 4.46. The Kier molecular flexibility index (Phi) is 4.38. The van der Waals surface area contributed by atoms with E-state index in [1.165, 1.54) is 0 Å². The van der Waals surface area contributed by atoms with Crippen molar-refractivity contribution in [2.45, 2.75) is 31.9 Å². The third kappa shape index (κ3) is 3.27. The number of hydrogen-bond acceptors (Lipinski definition) is 4. The number of pyridine rings is 1. The number of hydrogen-bond donors (Lipinski definition) is 1. The molecule has 0 saturated carbocycles. The zero-order valence-corrected chi connectivity index (χ0v) is 12.5. The van der Waals surface area contributed by atoms with Crippen LogP contribution in [-0.2, 0) is 16.1 Å². The van der Waals surface area contributed by atoms with Gasteiger partial charge in [0.05, 0.1) is 12.0 Å². The van der Waals surface area contributed by atoms with Crippen LogP contribution in [0.4, 0.5) is 0 Å². The van der Waals surface area contributed by atoms with Gasteiger partial charge < -0.3 is 14.9 Å². The number of carbonyl (C=O) groups is 2. The number of piperidine rings is 1. The molecule has 22 heavy (non-hydrogen) atoms. The van der Waals surface area contributed by atoms with Gasteiger partial charge in [0.25, 0.3) is 0 Å². The van der Waals surface area contributed by atoms with Crippen molar-refractivity contribution in [3.63, 3.8) is 0 Å². The fraction of sp³-hybridized carbons (Fsp3) is 0.562. The Hall–Kier alpha value is -1.95. The number of likely N-dealkylation sites (tertiary alicyclic amines) is 2. The van der Waals surface area contributed by atoms with Crippen LogP contribution in [-0.4, -0.2) is 57.4 Å². The van der Waals surface area contributed by atoms with Gasteiger partial charge >= 0.3 is 0 Å². The maximum atomic E-state index is 12.5. The van der Waals surface area contributed by atoms with Gasteiger partial charge in [0.2, 0.25) is 11.8 Å². The summed E-state index contributed by atoms with van der Waals surface area (Å²) in [5.41, 5.74) is 1.03. The smallest absolute Gasteiger partial charge is 0.227 e. The van der Waals surface area contributed by atoms with Crippen LogP contribution < -0.4 is 0 Å². The largest absolute Gasteiger partial charge is 0.393 e. The minimum absolute atomic E-state index is 0.0345. The van der Waals surface area contributed by atoms with Crippen LogP contribution in [0.1, 0.15) is 24.8 Å². The van der Waals surface area contributed by atoms with E-state index in [0.29, 0.717) is 45.4 Å². The molecule has 2 aliphatic rings. The van der Waals surface area contributed by atoms with Crippen LogP contribution in [0.3, 0.4) is 0 Å². The lowest BCUT2D eigenvalue weighted by Gasteiger charge is -2.31. The molecule has 0 bridgehead atoms. The molecule has 0 unspecified atom stereocenters. The number of carbonyl (C=O) groups excluding carboxylic acids is 2. The van der Waals surface area contributed by atoms with Crippen LogP contribution in [0.15, 0.2) is 24.5 Å². The summed E-state index contributed by atoms with van der Waals surface area (Å²) in [5, 5.41) is 9.52. The van der Waals surface area contributed by atoms with Crippen LogP contribution in [0.5, 0.6) is 0 Å². The van der Waals surface area contributed by atoms with Crippen molar-refractivity contribution in [1.29, 1.82) is 0 Å². The molecule has 2 saturated heterocycles. The summed E-state index contributed by atoms with van der Waals surface area (Å²) in [6.45, 7) is 2.20. The highest BCUT2D eigenvalue weighted by molar-refractivity contribution is 5.89. The molecule has 1 N–H and O–H groups in total. The molecule has 2 amide bonds. The number of aromatic nitrogens is 1. The highest BCUT2D eigenvalue weighted by Gasteiger charge is 2.37. The van der Waals surface area contributed by atoms with Gasteiger partial charge in [-0.15, -0.1) is 0 Å². The van der Waals surface area contributed by atoms with E-state index in [1.807, 2.05) is 12.1 Å². The van der Waals surface area contributed by atoms with Gasteiger partial charge in [0.1, 0.15) is 0 Å². The number of rotatable bonds is 3. The van der Waals surface area contributed by atoms with Crippen molar-refractivity contribution in [2.75, 3.05) is 19.6 Å². The normalized spacial score (nSPS) is 23.1. The summed E-state index contributed by atoms with van der Waals surface area (Å²) >= 11 is 0. The highest BCUT2D eigenvalue weighted by atomic mass is 16.3. The predicted molar refractivity (Wildman–Crippen MR) is 79.6 cm³/mol. The quantitative estimate of drug-likeness (QED) is 0.878. The first-order chi connectivity index (χ1) is 10.6. The standard InChI is InChI=1S/C16H21N3O3/c20-14-3-7-18(8-4-14)16(22)13-9-15(21)19(11-13)10-12-1-5-17-6-2-12/h1-2,5-6,13-14,20H,3-4,7-11H2/t13-/m1/s1. The first-order valence-corrected chi connectivity index (χ1v) is 7.77. The number of aliphatic hydroxyl groups excluding tert-OH is 1. The topological polar surface area (TPSA) is 73.7 Å². The monoisotopic (exact) mass is 303 g/mol. The van der Waals surface area contributed by atoms with Crippen LogP contribution in [0.25, 0.3) is 0 Å². The van der Waals surface area contributed by atoms with E-state index < -0.39 is 0 Å². The molecule has 3 rings (SSSR count). The molecule has 2 fully saturated rings. The number of aliphatic hydroxyl groups is 1. The minimum Gasteiger partial charge on any atom is -0.393 e. The molecule has 1 aromatic heterocycles. The maximum absolute atomic E-state index is 12.5. The fourth-order valence-corrected chi connectivity index (χ4v) is 3.14. The second-order valence-corrected chi connectivity index (χ2v) is 6.09. The van der Waals surface area contributed by atoms with Crippen molar-refractivity contribution in [3.05, 3.63) is 30.1 Å². The Morgan fingerprint density at radius 2 is 1.95 bits per heavy atom. The lowest BCUT2D eigenvalue weighted by Crippen LogP contribution is -2.43. The second kappa shape index (κ2) is 6.44. The minimum atomic E-state index is -0.294. The van der Waals surface area contributed by atoms with Crippen molar-refractivity contribution >= 4 is 11.8 Å². The summed E-state index contributed by atoms with van der Waals surface area (Å²) in [4.78, 5) is 32.1. The molecule has 118 valence electrons. The zero-order chi connectivity index (χ0) is 15.5. The lowest BCUT2D eigenvalue weighted by molar-refractivity contribution is -0.137. The lowest BCUT2D eigenvalue weighted by atomic mass is 10.0. The number of nitrogens with zero attached hydrogens (tertiary/aromatic N) is 3. The first kappa shape index (κ1) is 15.0. The van der Waals surface area contributed by atoms with Crippen molar-refractivity contribution < 1.29 is 14.7 Å². The molecule has 0 aliphatic carbocycles. The van der Waals surface area contributed by atoms with Gasteiger partial charge in [0.15, 0.2) is 0 Å². The molecule has 0 aromatic carbocycles. The van der Waals surface area contributed by atoms with E-state index in [1.54, 1.807) is 22.2 Å². The highest BCUT2D eigenvalue weighted by Crippen LogP contribution is 2.23.